The van der Waals surface area contributed by atoms with Crippen molar-refractivity contribution in [2.75, 3.05) is 0 Å². The van der Waals surface area contributed by atoms with Crippen LogP contribution in [-0.4, -0.2) is 23.0 Å². The summed E-state index contributed by atoms with van der Waals surface area (Å²) in [5, 5.41) is 11.9. The Kier molecular flexibility index (Phi) is 6.76. The number of carbonyl (C=O) groups is 2. The van der Waals surface area contributed by atoms with E-state index in [1.54, 1.807) is 0 Å². The summed E-state index contributed by atoms with van der Waals surface area (Å²) >= 11 is 0. The molecule has 1 aliphatic carbocycles. The number of carboxylic acid groups (broad SMARTS) is 1. The van der Waals surface area contributed by atoms with Gasteiger partial charge >= 0.3 is 5.97 Å². The Balaban J connectivity index is 2.17. The van der Waals surface area contributed by atoms with Crippen molar-refractivity contribution in [3.05, 3.63) is 0 Å². The third-order valence-electron chi connectivity index (χ3n) is 3.69. The molecule has 4 nitrogen and oxygen atoms in total. The average molecular weight is 255 g/mol. The highest BCUT2D eigenvalue weighted by molar-refractivity contribution is 5.78. The van der Waals surface area contributed by atoms with Gasteiger partial charge in [0.25, 0.3) is 0 Å². The lowest BCUT2D eigenvalue weighted by Crippen LogP contribution is -2.40. The highest BCUT2D eigenvalue weighted by Crippen LogP contribution is 2.25. The number of aliphatic carboxylic acids is 1. The second kappa shape index (κ2) is 8.11. The van der Waals surface area contributed by atoms with Crippen molar-refractivity contribution in [1.29, 1.82) is 0 Å². The summed E-state index contributed by atoms with van der Waals surface area (Å²) < 4.78 is 0. The predicted octanol–water partition coefficient (Wildman–Crippen LogP) is 2.72. The predicted molar refractivity (Wildman–Crippen MR) is 70.3 cm³/mol. The summed E-state index contributed by atoms with van der Waals surface area (Å²) in [7, 11) is 0. The number of amides is 1. The Morgan fingerprint density at radius 2 is 1.89 bits per heavy atom. The number of carboxylic acids is 1. The maximum atomic E-state index is 11.7. The number of carbonyl (C=O) groups excluding carboxylic acids is 1. The minimum Gasteiger partial charge on any atom is -0.481 e. The normalized spacial score (nSPS) is 22.9. The molecule has 1 fully saturated rings. The Morgan fingerprint density at radius 3 is 2.56 bits per heavy atom. The molecule has 0 aromatic carbocycles. The molecule has 18 heavy (non-hydrogen) atoms. The molecule has 0 aromatic heterocycles. The Hall–Kier alpha value is -1.06. The first-order valence-corrected chi connectivity index (χ1v) is 7.17. The largest absolute Gasteiger partial charge is 0.481 e. The summed E-state index contributed by atoms with van der Waals surface area (Å²) in [6, 6.07) is -0.148. The molecule has 1 saturated carbocycles. The third-order valence-corrected chi connectivity index (χ3v) is 3.69. The smallest absolute Gasteiger partial charge is 0.308 e. The van der Waals surface area contributed by atoms with Gasteiger partial charge in [0, 0.05) is 12.5 Å². The van der Waals surface area contributed by atoms with Gasteiger partial charge in [-0.1, -0.05) is 39.0 Å². The Bertz CT molecular complexity index is 278. The molecule has 1 amide bonds. The van der Waals surface area contributed by atoms with Gasteiger partial charge < -0.3 is 10.4 Å². The fraction of sp³-hybridized carbons (Fsp3) is 0.857. The van der Waals surface area contributed by atoms with Crippen LogP contribution >= 0.6 is 0 Å². The van der Waals surface area contributed by atoms with Crippen LogP contribution in [-0.2, 0) is 9.59 Å². The number of unbranched alkanes of at least 4 members (excludes halogenated alkanes) is 4. The molecule has 2 atom stereocenters. The fourth-order valence-electron chi connectivity index (χ4n) is 2.60. The standard InChI is InChI=1S/C14H25NO3/c1-2-3-4-5-6-10-13(16)15-12-9-7-8-11(12)14(17)18/h11-12H,2-10H2,1H3,(H,15,16)(H,17,18). The molecule has 2 N–H and O–H groups in total. The lowest BCUT2D eigenvalue weighted by atomic mass is 10.0. The van der Waals surface area contributed by atoms with Crippen molar-refractivity contribution in [3.8, 4) is 0 Å². The quantitative estimate of drug-likeness (QED) is 0.655. The average Bonchev–Trinajstić information content (AvgIpc) is 2.77. The van der Waals surface area contributed by atoms with Gasteiger partial charge in [0.05, 0.1) is 5.92 Å². The van der Waals surface area contributed by atoms with E-state index < -0.39 is 5.97 Å². The van der Waals surface area contributed by atoms with Crippen LogP contribution in [0.5, 0.6) is 0 Å². The van der Waals surface area contributed by atoms with Gasteiger partial charge in [-0.2, -0.15) is 0 Å². The lowest BCUT2D eigenvalue weighted by molar-refractivity contribution is -0.142. The van der Waals surface area contributed by atoms with Crippen molar-refractivity contribution in [3.63, 3.8) is 0 Å². The van der Waals surface area contributed by atoms with E-state index in [-0.39, 0.29) is 17.9 Å². The minimum atomic E-state index is -0.777. The van der Waals surface area contributed by atoms with Crippen molar-refractivity contribution in [2.24, 2.45) is 5.92 Å². The second-order valence-electron chi connectivity index (χ2n) is 5.21. The van der Waals surface area contributed by atoms with Crippen molar-refractivity contribution < 1.29 is 14.7 Å². The molecule has 2 unspecified atom stereocenters. The second-order valence-corrected chi connectivity index (χ2v) is 5.21. The molecular formula is C14H25NO3. The van der Waals surface area contributed by atoms with Gasteiger partial charge in [-0.15, -0.1) is 0 Å². The molecule has 0 bridgehead atoms. The van der Waals surface area contributed by atoms with Crippen LogP contribution < -0.4 is 5.32 Å². The lowest BCUT2D eigenvalue weighted by Gasteiger charge is -2.17. The van der Waals surface area contributed by atoms with Crippen molar-refractivity contribution >= 4 is 11.9 Å². The van der Waals surface area contributed by atoms with Gasteiger partial charge in [-0.3, -0.25) is 9.59 Å². The Labute approximate surface area is 109 Å². The molecule has 104 valence electrons. The van der Waals surface area contributed by atoms with Gasteiger partial charge in [-0.25, -0.2) is 0 Å². The van der Waals surface area contributed by atoms with Gasteiger partial charge in [0.2, 0.25) is 5.91 Å². The molecule has 0 heterocycles. The number of nitrogens with one attached hydrogen (secondary N) is 1. The van der Waals surface area contributed by atoms with E-state index in [9.17, 15) is 9.59 Å². The monoisotopic (exact) mass is 255 g/mol. The van der Waals surface area contributed by atoms with E-state index in [0.29, 0.717) is 12.8 Å². The van der Waals surface area contributed by atoms with Gasteiger partial charge in [-0.05, 0) is 19.3 Å². The molecule has 0 saturated heterocycles. The SMILES string of the molecule is CCCCCCCC(=O)NC1CCCC1C(=O)O. The molecule has 4 heteroatoms. The van der Waals surface area contributed by atoms with Crippen molar-refractivity contribution in [2.45, 2.75) is 70.8 Å². The first-order valence-electron chi connectivity index (χ1n) is 7.17. The van der Waals surface area contributed by atoms with Crippen LogP contribution in [0.15, 0.2) is 0 Å². The van der Waals surface area contributed by atoms with E-state index in [2.05, 4.69) is 12.2 Å². The topological polar surface area (TPSA) is 66.4 Å². The first kappa shape index (κ1) is 15.0. The van der Waals surface area contributed by atoms with E-state index in [4.69, 9.17) is 5.11 Å². The highest BCUT2D eigenvalue weighted by atomic mass is 16.4. The summed E-state index contributed by atoms with van der Waals surface area (Å²) in [5.74, 6) is -1.14. The van der Waals surface area contributed by atoms with E-state index in [0.717, 1.165) is 25.7 Å². The summed E-state index contributed by atoms with van der Waals surface area (Å²) in [5.41, 5.74) is 0. The molecule has 1 aliphatic rings. The first-order chi connectivity index (χ1) is 8.65. The zero-order valence-corrected chi connectivity index (χ0v) is 11.3. The third kappa shape index (κ3) is 5.07. The number of hydrogen-bond acceptors (Lipinski definition) is 2. The van der Waals surface area contributed by atoms with E-state index in [1.807, 2.05) is 0 Å². The Morgan fingerprint density at radius 1 is 1.17 bits per heavy atom. The van der Waals surface area contributed by atoms with Crippen LogP contribution in [0.3, 0.4) is 0 Å². The molecule has 1 rings (SSSR count). The summed E-state index contributed by atoms with van der Waals surface area (Å²) in [6.45, 7) is 2.17. The molecule has 0 radical (unpaired) electrons. The van der Waals surface area contributed by atoms with Crippen LogP contribution in [0.4, 0.5) is 0 Å². The number of rotatable bonds is 8. The maximum absolute atomic E-state index is 11.7. The van der Waals surface area contributed by atoms with Crippen LogP contribution in [0.25, 0.3) is 0 Å². The number of hydrogen-bond donors (Lipinski definition) is 2. The van der Waals surface area contributed by atoms with Crippen LogP contribution in [0.2, 0.25) is 0 Å². The molecule has 0 aliphatic heterocycles. The molecule has 0 aromatic rings. The fourth-order valence-corrected chi connectivity index (χ4v) is 2.60. The maximum Gasteiger partial charge on any atom is 0.308 e. The minimum absolute atomic E-state index is 0.0182. The summed E-state index contributed by atoms with van der Waals surface area (Å²) in [6.07, 6.45) is 8.55. The molecule has 0 spiro atoms. The zero-order valence-electron chi connectivity index (χ0n) is 11.3. The molecular weight excluding hydrogens is 230 g/mol. The zero-order chi connectivity index (χ0) is 13.4. The van der Waals surface area contributed by atoms with E-state index >= 15 is 0 Å². The van der Waals surface area contributed by atoms with Crippen LogP contribution in [0, 0.1) is 5.92 Å². The van der Waals surface area contributed by atoms with Gasteiger partial charge in [0.15, 0.2) is 0 Å². The summed E-state index contributed by atoms with van der Waals surface area (Å²) in [4.78, 5) is 22.7. The van der Waals surface area contributed by atoms with E-state index in [1.165, 1.54) is 19.3 Å². The van der Waals surface area contributed by atoms with Gasteiger partial charge in [0.1, 0.15) is 0 Å². The van der Waals surface area contributed by atoms with Crippen molar-refractivity contribution in [1.82, 2.24) is 5.32 Å². The van der Waals surface area contributed by atoms with Crippen LogP contribution in [0.1, 0.15) is 64.7 Å². The highest BCUT2D eigenvalue weighted by Gasteiger charge is 2.33.